The molecule has 0 unspecified atom stereocenters. The summed E-state index contributed by atoms with van der Waals surface area (Å²) < 4.78 is 13.8. The monoisotopic (exact) mass is 361 g/mol. The van der Waals surface area contributed by atoms with E-state index in [0.717, 1.165) is 26.2 Å². The third-order valence-electron chi connectivity index (χ3n) is 4.33. The predicted molar refractivity (Wildman–Crippen MR) is 99.8 cm³/mol. The van der Waals surface area contributed by atoms with E-state index in [4.69, 9.17) is 11.6 Å². The maximum Gasteiger partial charge on any atom is 0.225 e. The van der Waals surface area contributed by atoms with Gasteiger partial charge in [0.2, 0.25) is 5.91 Å². The van der Waals surface area contributed by atoms with Crippen LogP contribution in [0.4, 0.5) is 15.8 Å². The van der Waals surface area contributed by atoms with Gasteiger partial charge >= 0.3 is 0 Å². The average Bonchev–Trinajstić information content (AvgIpc) is 2.61. The number of anilines is 2. The van der Waals surface area contributed by atoms with Gasteiger partial charge in [-0.05, 0) is 30.3 Å². The first-order valence-electron chi connectivity index (χ1n) is 8.39. The smallest absolute Gasteiger partial charge is 0.225 e. The lowest BCUT2D eigenvalue weighted by Gasteiger charge is -2.36. The van der Waals surface area contributed by atoms with Crippen LogP contribution in [0.1, 0.15) is 6.42 Å². The van der Waals surface area contributed by atoms with Crippen LogP contribution in [-0.2, 0) is 4.79 Å². The fourth-order valence-electron chi connectivity index (χ4n) is 2.97. The van der Waals surface area contributed by atoms with Gasteiger partial charge in [0, 0.05) is 49.9 Å². The van der Waals surface area contributed by atoms with E-state index in [1.54, 1.807) is 24.3 Å². The molecule has 4 nitrogen and oxygen atoms in total. The number of carbonyl (C=O) groups is 1. The van der Waals surface area contributed by atoms with Crippen LogP contribution < -0.4 is 10.2 Å². The van der Waals surface area contributed by atoms with Gasteiger partial charge < -0.3 is 10.2 Å². The van der Waals surface area contributed by atoms with Crippen LogP contribution in [0.5, 0.6) is 0 Å². The summed E-state index contributed by atoms with van der Waals surface area (Å²) in [6.07, 6.45) is 0.423. The first kappa shape index (κ1) is 17.7. The number of rotatable bonds is 5. The molecule has 1 amide bonds. The third kappa shape index (κ3) is 4.94. The first-order valence-corrected chi connectivity index (χ1v) is 8.77. The van der Waals surface area contributed by atoms with Gasteiger partial charge in [0.25, 0.3) is 0 Å². The summed E-state index contributed by atoms with van der Waals surface area (Å²) >= 11 is 5.91. The molecule has 132 valence electrons. The van der Waals surface area contributed by atoms with Gasteiger partial charge in [-0.2, -0.15) is 0 Å². The Kier molecular flexibility index (Phi) is 5.89. The molecule has 0 aliphatic carbocycles. The van der Waals surface area contributed by atoms with Crippen LogP contribution in [-0.4, -0.2) is 43.5 Å². The van der Waals surface area contributed by atoms with Crippen molar-refractivity contribution in [1.29, 1.82) is 0 Å². The zero-order valence-corrected chi connectivity index (χ0v) is 14.7. The van der Waals surface area contributed by atoms with E-state index in [9.17, 15) is 9.18 Å². The molecular formula is C19H21ClFN3O. The van der Waals surface area contributed by atoms with Gasteiger partial charge in [0.05, 0.1) is 5.69 Å². The number of halogens is 2. The summed E-state index contributed by atoms with van der Waals surface area (Å²) in [6.45, 7) is 3.85. The van der Waals surface area contributed by atoms with Crippen molar-refractivity contribution in [3.63, 3.8) is 0 Å². The molecule has 0 aromatic heterocycles. The van der Waals surface area contributed by atoms with Crippen molar-refractivity contribution < 1.29 is 9.18 Å². The fourth-order valence-corrected chi connectivity index (χ4v) is 3.16. The van der Waals surface area contributed by atoms with Crippen molar-refractivity contribution in [2.45, 2.75) is 6.42 Å². The molecule has 0 spiro atoms. The highest BCUT2D eigenvalue weighted by Crippen LogP contribution is 2.20. The van der Waals surface area contributed by atoms with Gasteiger partial charge in [0.15, 0.2) is 0 Å². The molecule has 3 rings (SSSR count). The van der Waals surface area contributed by atoms with Gasteiger partial charge in [0.1, 0.15) is 5.82 Å². The second kappa shape index (κ2) is 8.32. The van der Waals surface area contributed by atoms with E-state index in [-0.39, 0.29) is 11.7 Å². The van der Waals surface area contributed by atoms with Crippen molar-refractivity contribution in [2.24, 2.45) is 0 Å². The van der Waals surface area contributed by atoms with Gasteiger partial charge in [-0.25, -0.2) is 4.39 Å². The summed E-state index contributed by atoms with van der Waals surface area (Å²) in [5.74, 6) is -0.212. The highest BCUT2D eigenvalue weighted by atomic mass is 35.5. The van der Waals surface area contributed by atoms with E-state index < -0.39 is 0 Å². The zero-order chi connectivity index (χ0) is 17.6. The number of nitrogens with zero attached hydrogens (tertiary/aromatic N) is 2. The Morgan fingerprint density at radius 2 is 1.84 bits per heavy atom. The molecule has 0 radical (unpaired) electrons. The van der Waals surface area contributed by atoms with Crippen LogP contribution in [0, 0.1) is 5.82 Å². The Hall–Kier alpha value is -2.11. The number of amides is 1. The second-order valence-corrected chi connectivity index (χ2v) is 6.53. The molecule has 1 heterocycles. The maximum atomic E-state index is 13.8. The SMILES string of the molecule is O=C(CCN1CCN(c2ccccc2F)CC1)Nc1cccc(Cl)c1. The third-order valence-corrected chi connectivity index (χ3v) is 4.56. The minimum atomic E-state index is -0.183. The summed E-state index contributed by atoms with van der Waals surface area (Å²) in [5.41, 5.74) is 1.36. The second-order valence-electron chi connectivity index (χ2n) is 6.09. The Morgan fingerprint density at radius 1 is 1.08 bits per heavy atom. The van der Waals surface area contributed by atoms with Gasteiger partial charge in [-0.3, -0.25) is 9.69 Å². The van der Waals surface area contributed by atoms with E-state index in [2.05, 4.69) is 15.1 Å². The normalized spacial score (nSPS) is 15.2. The van der Waals surface area contributed by atoms with Crippen molar-refractivity contribution in [3.8, 4) is 0 Å². The molecule has 2 aromatic rings. The predicted octanol–water partition coefficient (Wildman–Crippen LogP) is 3.63. The Morgan fingerprint density at radius 3 is 2.56 bits per heavy atom. The Balaban J connectivity index is 1.43. The lowest BCUT2D eigenvalue weighted by atomic mass is 10.2. The van der Waals surface area contributed by atoms with E-state index in [1.807, 2.05) is 18.2 Å². The van der Waals surface area contributed by atoms with Crippen LogP contribution in [0.3, 0.4) is 0 Å². The van der Waals surface area contributed by atoms with Crippen LogP contribution in [0.25, 0.3) is 0 Å². The largest absolute Gasteiger partial charge is 0.367 e. The molecule has 1 aliphatic rings. The molecule has 1 N–H and O–H groups in total. The van der Waals surface area contributed by atoms with Crippen LogP contribution in [0.15, 0.2) is 48.5 Å². The molecule has 2 aromatic carbocycles. The average molecular weight is 362 g/mol. The standard InChI is InChI=1S/C19H21ClFN3O/c20-15-4-3-5-16(14-15)22-19(25)8-9-23-10-12-24(13-11-23)18-7-2-1-6-17(18)21/h1-7,14H,8-13H2,(H,22,25). The van der Waals surface area contributed by atoms with Gasteiger partial charge in [-0.15, -0.1) is 0 Å². The van der Waals surface area contributed by atoms with Gasteiger partial charge in [-0.1, -0.05) is 29.8 Å². The maximum absolute atomic E-state index is 13.8. The molecule has 0 bridgehead atoms. The van der Waals surface area contributed by atoms with Crippen LogP contribution >= 0.6 is 11.6 Å². The molecule has 25 heavy (non-hydrogen) atoms. The number of hydrogen-bond acceptors (Lipinski definition) is 3. The Labute approximate surface area is 152 Å². The topological polar surface area (TPSA) is 35.6 Å². The minimum absolute atomic E-state index is 0.0289. The summed E-state index contributed by atoms with van der Waals surface area (Å²) in [7, 11) is 0. The first-order chi connectivity index (χ1) is 12.1. The summed E-state index contributed by atoms with van der Waals surface area (Å²) in [6, 6.07) is 14.0. The number of carbonyl (C=O) groups excluding carboxylic acids is 1. The number of hydrogen-bond donors (Lipinski definition) is 1. The quantitative estimate of drug-likeness (QED) is 0.883. The highest BCUT2D eigenvalue weighted by Gasteiger charge is 2.19. The highest BCUT2D eigenvalue weighted by molar-refractivity contribution is 6.30. The lowest BCUT2D eigenvalue weighted by Crippen LogP contribution is -2.47. The molecular weight excluding hydrogens is 341 g/mol. The van der Waals surface area contributed by atoms with Crippen molar-refractivity contribution in [2.75, 3.05) is 42.9 Å². The van der Waals surface area contributed by atoms with Crippen molar-refractivity contribution >= 4 is 28.9 Å². The van der Waals surface area contributed by atoms with Crippen molar-refractivity contribution in [1.82, 2.24) is 4.90 Å². The fraction of sp³-hybridized carbons (Fsp3) is 0.316. The molecule has 6 heteroatoms. The van der Waals surface area contributed by atoms with Crippen LogP contribution in [0.2, 0.25) is 5.02 Å². The van der Waals surface area contributed by atoms with E-state index >= 15 is 0 Å². The number of piperazine rings is 1. The minimum Gasteiger partial charge on any atom is -0.367 e. The molecule has 1 fully saturated rings. The molecule has 0 saturated carbocycles. The number of nitrogens with one attached hydrogen (secondary N) is 1. The molecule has 1 saturated heterocycles. The number of para-hydroxylation sites is 1. The lowest BCUT2D eigenvalue weighted by molar-refractivity contribution is -0.116. The van der Waals surface area contributed by atoms with E-state index in [1.165, 1.54) is 6.07 Å². The zero-order valence-electron chi connectivity index (χ0n) is 13.9. The molecule has 0 atom stereocenters. The summed E-state index contributed by atoms with van der Waals surface area (Å²) in [4.78, 5) is 16.3. The van der Waals surface area contributed by atoms with Crippen molar-refractivity contribution in [3.05, 3.63) is 59.4 Å². The Bertz CT molecular complexity index is 732. The molecule has 1 aliphatic heterocycles. The number of benzene rings is 2. The summed E-state index contributed by atoms with van der Waals surface area (Å²) in [5, 5.41) is 3.45. The van der Waals surface area contributed by atoms with E-state index in [0.29, 0.717) is 29.4 Å².